The van der Waals surface area contributed by atoms with Crippen molar-refractivity contribution in [3.8, 4) is 0 Å². The predicted molar refractivity (Wildman–Crippen MR) is 75.1 cm³/mol. The van der Waals surface area contributed by atoms with Crippen LogP contribution in [0.1, 0.15) is 32.6 Å². The van der Waals surface area contributed by atoms with Crippen LogP contribution >= 0.6 is 0 Å². The highest BCUT2D eigenvalue weighted by Crippen LogP contribution is 2.14. The van der Waals surface area contributed by atoms with Gasteiger partial charge in [0.25, 0.3) is 0 Å². The molecule has 92 valence electrons. The van der Waals surface area contributed by atoms with Crippen molar-refractivity contribution in [3.63, 3.8) is 0 Å². The van der Waals surface area contributed by atoms with Crippen LogP contribution in [0.15, 0.2) is 42.5 Å². The molecule has 0 aromatic heterocycles. The number of benzene rings is 2. The zero-order valence-electron chi connectivity index (χ0n) is 11.2. The van der Waals surface area contributed by atoms with E-state index >= 15 is 0 Å². The van der Waals surface area contributed by atoms with Gasteiger partial charge in [-0.3, -0.25) is 4.79 Å². The third-order valence-electron chi connectivity index (χ3n) is 3.17. The first-order chi connectivity index (χ1) is 8.56. The van der Waals surface area contributed by atoms with Gasteiger partial charge < -0.3 is 0 Å². The summed E-state index contributed by atoms with van der Waals surface area (Å²) in [5.74, 6) is 0.191. The molecule has 1 nitrogen and oxygen atoms in total. The van der Waals surface area contributed by atoms with Crippen LogP contribution < -0.4 is 0 Å². The number of hydrogen-bond acceptors (Lipinski definition) is 1. The molecule has 0 radical (unpaired) electrons. The molecule has 0 saturated carbocycles. The van der Waals surface area contributed by atoms with Gasteiger partial charge >= 0.3 is 0 Å². The monoisotopic (exact) mass is 238 g/mol. The van der Waals surface area contributed by atoms with Gasteiger partial charge in [-0.2, -0.15) is 0 Å². The van der Waals surface area contributed by atoms with E-state index in [2.05, 4.69) is 13.0 Å². The van der Waals surface area contributed by atoms with Crippen LogP contribution in [0.3, 0.4) is 0 Å². The minimum Gasteiger partial charge on any atom is -0.294 e. The quantitative estimate of drug-likeness (QED) is 0.738. The van der Waals surface area contributed by atoms with Crippen LogP contribution in [0.2, 0.25) is 0 Å². The van der Waals surface area contributed by atoms with Crippen LogP contribution in [-0.2, 0) is 6.42 Å². The fraction of sp³-hybridized carbons (Fsp3) is 0.235. The van der Waals surface area contributed by atoms with Crippen molar-refractivity contribution in [2.75, 3.05) is 0 Å². The standard InChI is InChI=1S/C17H18O/c1-12-4-7-15(8-5-12)11-17(18)16-9-6-13(2)10-14(16)3/h4-10H,11H2,1-3H3. The summed E-state index contributed by atoms with van der Waals surface area (Å²) in [4.78, 5) is 12.2. The Balaban J connectivity index is 2.19. The van der Waals surface area contributed by atoms with Gasteiger partial charge in [-0.15, -0.1) is 0 Å². The Hall–Kier alpha value is -1.89. The molecule has 0 saturated heterocycles. The van der Waals surface area contributed by atoms with Gasteiger partial charge in [0.2, 0.25) is 0 Å². The number of aryl methyl sites for hydroxylation is 3. The minimum atomic E-state index is 0.191. The lowest BCUT2D eigenvalue weighted by molar-refractivity contribution is 0.0992. The molecular weight excluding hydrogens is 220 g/mol. The third-order valence-corrected chi connectivity index (χ3v) is 3.17. The van der Waals surface area contributed by atoms with E-state index in [1.807, 2.05) is 50.2 Å². The maximum absolute atomic E-state index is 12.2. The van der Waals surface area contributed by atoms with Gasteiger partial charge in [-0.25, -0.2) is 0 Å². The fourth-order valence-corrected chi connectivity index (χ4v) is 2.11. The number of rotatable bonds is 3. The summed E-state index contributed by atoms with van der Waals surface area (Å²) in [5.41, 5.74) is 5.39. The molecule has 0 fully saturated rings. The van der Waals surface area contributed by atoms with E-state index in [9.17, 15) is 4.79 Å². The van der Waals surface area contributed by atoms with Crippen LogP contribution in [0.25, 0.3) is 0 Å². The fourth-order valence-electron chi connectivity index (χ4n) is 2.11. The SMILES string of the molecule is Cc1ccc(CC(=O)c2ccc(C)cc2C)cc1. The molecule has 0 spiro atoms. The Morgan fingerprint density at radius 2 is 1.50 bits per heavy atom. The van der Waals surface area contributed by atoms with E-state index in [1.54, 1.807) is 0 Å². The highest BCUT2D eigenvalue weighted by Gasteiger charge is 2.09. The van der Waals surface area contributed by atoms with E-state index in [4.69, 9.17) is 0 Å². The maximum Gasteiger partial charge on any atom is 0.167 e. The van der Waals surface area contributed by atoms with Gasteiger partial charge in [0.15, 0.2) is 5.78 Å². The molecule has 18 heavy (non-hydrogen) atoms. The Labute approximate surface area is 108 Å². The van der Waals surface area contributed by atoms with Crippen LogP contribution in [0, 0.1) is 20.8 Å². The highest BCUT2D eigenvalue weighted by molar-refractivity contribution is 5.98. The first kappa shape index (κ1) is 12.6. The van der Waals surface area contributed by atoms with Crippen molar-refractivity contribution in [1.29, 1.82) is 0 Å². The summed E-state index contributed by atoms with van der Waals surface area (Å²) >= 11 is 0. The molecule has 0 amide bonds. The van der Waals surface area contributed by atoms with Crippen molar-refractivity contribution in [2.24, 2.45) is 0 Å². The lowest BCUT2D eigenvalue weighted by Crippen LogP contribution is -2.05. The smallest absolute Gasteiger partial charge is 0.167 e. The second-order valence-corrected chi connectivity index (χ2v) is 4.90. The molecular formula is C17H18O. The molecule has 2 aromatic rings. The normalized spacial score (nSPS) is 10.4. The van der Waals surface area contributed by atoms with Gasteiger partial charge in [-0.1, -0.05) is 53.6 Å². The first-order valence-corrected chi connectivity index (χ1v) is 6.22. The first-order valence-electron chi connectivity index (χ1n) is 6.22. The summed E-state index contributed by atoms with van der Waals surface area (Å²) in [6.45, 7) is 6.09. The second kappa shape index (κ2) is 5.18. The molecule has 1 heteroatoms. The number of carbonyl (C=O) groups is 1. The predicted octanol–water partition coefficient (Wildman–Crippen LogP) is 4.04. The van der Waals surface area contributed by atoms with Crippen LogP contribution in [0.4, 0.5) is 0 Å². The molecule has 0 N–H and O–H groups in total. The van der Waals surface area contributed by atoms with Crippen LogP contribution in [0.5, 0.6) is 0 Å². The van der Waals surface area contributed by atoms with E-state index in [0.29, 0.717) is 6.42 Å². The van der Waals surface area contributed by atoms with Crippen LogP contribution in [-0.4, -0.2) is 5.78 Å². The number of carbonyl (C=O) groups excluding carboxylic acids is 1. The van der Waals surface area contributed by atoms with E-state index in [0.717, 1.165) is 16.7 Å². The van der Waals surface area contributed by atoms with E-state index in [1.165, 1.54) is 11.1 Å². The lowest BCUT2D eigenvalue weighted by atomic mass is 9.97. The average Bonchev–Trinajstić information content (AvgIpc) is 2.32. The topological polar surface area (TPSA) is 17.1 Å². The minimum absolute atomic E-state index is 0.191. The molecule has 0 atom stereocenters. The molecule has 0 heterocycles. The van der Waals surface area contributed by atoms with Gasteiger partial charge in [0.05, 0.1) is 0 Å². The molecule has 0 unspecified atom stereocenters. The number of hydrogen-bond donors (Lipinski definition) is 0. The lowest BCUT2D eigenvalue weighted by Gasteiger charge is -2.06. The average molecular weight is 238 g/mol. The molecule has 0 aliphatic carbocycles. The Bertz CT molecular complexity index is 565. The second-order valence-electron chi connectivity index (χ2n) is 4.90. The third kappa shape index (κ3) is 2.86. The van der Waals surface area contributed by atoms with Gasteiger partial charge in [-0.05, 0) is 31.9 Å². The van der Waals surface area contributed by atoms with Crippen molar-refractivity contribution >= 4 is 5.78 Å². The van der Waals surface area contributed by atoms with Gasteiger partial charge in [0.1, 0.15) is 0 Å². The summed E-state index contributed by atoms with van der Waals surface area (Å²) in [6, 6.07) is 14.1. The summed E-state index contributed by atoms with van der Waals surface area (Å²) in [6.07, 6.45) is 0.476. The van der Waals surface area contributed by atoms with E-state index < -0.39 is 0 Å². The Morgan fingerprint density at radius 1 is 0.889 bits per heavy atom. The summed E-state index contributed by atoms with van der Waals surface area (Å²) in [7, 11) is 0. The number of Topliss-reactive ketones (excluding diaryl/α,β-unsaturated/α-hetero) is 1. The van der Waals surface area contributed by atoms with Crippen molar-refractivity contribution in [3.05, 3.63) is 70.3 Å². The Morgan fingerprint density at radius 3 is 2.11 bits per heavy atom. The van der Waals surface area contributed by atoms with Crippen molar-refractivity contribution in [2.45, 2.75) is 27.2 Å². The number of ketones is 1. The molecule has 0 bridgehead atoms. The van der Waals surface area contributed by atoms with Crippen molar-refractivity contribution in [1.82, 2.24) is 0 Å². The molecule has 2 rings (SSSR count). The van der Waals surface area contributed by atoms with Gasteiger partial charge in [0, 0.05) is 12.0 Å². The zero-order chi connectivity index (χ0) is 13.1. The molecule has 0 aliphatic rings. The largest absolute Gasteiger partial charge is 0.294 e. The van der Waals surface area contributed by atoms with E-state index in [-0.39, 0.29) is 5.78 Å². The molecule has 0 aliphatic heterocycles. The summed E-state index contributed by atoms with van der Waals surface area (Å²) < 4.78 is 0. The van der Waals surface area contributed by atoms with Crippen molar-refractivity contribution < 1.29 is 4.79 Å². The Kier molecular flexibility index (Phi) is 3.61. The maximum atomic E-state index is 12.2. The molecule has 2 aromatic carbocycles. The summed E-state index contributed by atoms with van der Waals surface area (Å²) in [5, 5.41) is 0. The highest BCUT2D eigenvalue weighted by atomic mass is 16.1. The zero-order valence-corrected chi connectivity index (χ0v) is 11.2.